The molecule has 3 rings (SSSR count). The Bertz CT molecular complexity index is 713. The summed E-state index contributed by atoms with van der Waals surface area (Å²) in [5.41, 5.74) is 1.53. The molecule has 0 atom stereocenters. The molecule has 0 saturated heterocycles. The van der Waals surface area contributed by atoms with Crippen molar-refractivity contribution in [1.82, 2.24) is 14.7 Å². The van der Waals surface area contributed by atoms with E-state index in [4.69, 9.17) is 0 Å². The van der Waals surface area contributed by atoms with Crippen LogP contribution >= 0.6 is 0 Å². The van der Waals surface area contributed by atoms with Gasteiger partial charge in [0.05, 0.1) is 16.8 Å². The first-order valence-electron chi connectivity index (χ1n) is 6.58. The van der Waals surface area contributed by atoms with E-state index < -0.39 is 0 Å². The predicted molar refractivity (Wildman–Crippen MR) is 74.0 cm³/mol. The Hall–Kier alpha value is -2.76. The first-order valence-corrected chi connectivity index (χ1v) is 6.58. The zero-order chi connectivity index (χ0) is 15.0. The zero-order valence-electron chi connectivity index (χ0n) is 11.4. The average molecular weight is 283 g/mol. The quantitative estimate of drug-likeness (QED) is 0.801. The normalized spacial score (nSPS) is 13.7. The Balaban J connectivity index is 1.71. The summed E-state index contributed by atoms with van der Waals surface area (Å²) in [4.78, 5) is 37.3. The third kappa shape index (κ3) is 2.24. The van der Waals surface area contributed by atoms with Crippen LogP contribution in [0.15, 0.2) is 36.5 Å². The lowest BCUT2D eigenvalue weighted by Crippen LogP contribution is -2.32. The molecule has 2 heterocycles. The van der Waals surface area contributed by atoms with Crippen LogP contribution in [0, 0.1) is 6.92 Å². The molecule has 0 spiro atoms. The number of carbonyl (C=O) groups excluding carboxylic acids is 3. The largest absolute Gasteiger partial charge is 0.274 e. The van der Waals surface area contributed by atoms with Gasteiger partial charge >= 0.3 is 0 Å². The number of nitrogens with zero attached hydrogens (tertiary/aromatic N) is 3. The van der Waals surface area contributed by atoms with Gasteiger partial charge in [-0.05, 0) is 25.1 Å². The monoisotopic (exact) mass is 283 g/mol. The van der Waals surface area contributed by atoms with Crippen LogP contribution in [0.1, 0.15) is 37.6 Å². The molecule has 0 aliphatic carbocycles. The fourth-order valence-electron chi connectivity index (χ4n) is 2.32. The molecule has 2 aromatic rings. The summed E-state index contributed by atoms with van der Waals surface area (Å²) in [6.07, 6.45) is 1.62. The highest BCUT2D eigenvalue weighted by atomic mass is 16.2. The van der Waals surface area contributed by atoms with E-state index in [-0.39, 0.29) is 30.7 Å². The lowest BCUT2D eigenvalue weighted by atomic mass is 10.1. The number of imide groups is 1. The van der Waals surface area contributed by atoms with Crippen molar-refractivity contribution >= 4 is 17.7 Å². The van der Waals surface area contributed by atoms with Gasteiger partial charge in [-0.15, -0.1) is 0 Å². The molecule has 2 amide bonds. The Morgan fingerprint density at radius 2 is 1.71 bits per heavy atom. The van der Waals surface area contributed by atoms with E-state index in [1.807, 2.05) is 0 Å². The van der Waals surface area contributed by atoms with Crippen molar-refractivity contribution in [3.63, 3.8) is 0 Å². The van der Waals surface area contributed by atoms with Crippen LogP contribution in [-0.4, -0.2) is 38.9 Å². The molecule has 6 heteroatoms. The summed E-state index contributed by atoms with van der Waals surface area (Å²) in [7, 11) is 0. The number of carbonyl (C=O) groups is 3. The minimum atomic E-state index is -0.347. The van der Waals surface area contributed by atoms with Crippen molar-refractivity contribution in [3.8, 4) is 0 Å². The standard InChI is InChI=1S/C15H13N3O3/c1-10-6-9-18(16-10)13(19)7-8-17-14(20)11-4-2-3-5-12(11)15(17)21/h2-6,9H,7-8H2,1H3. The fourth-order valence-corrected chi connectivity index (χ4v) is 2.32. The second-order valence-corrected chi connectivity index (χ2v) is 4.85. The van der Waals surface area contributed by atoms with E-state index in [1.54, 1.807) is 43.5 Å². The number of benzene rings is 1. The zero-order valence-corrected chi connectivity index (χ0v) is 11.4. The van der Waals surface area contributed by atoms with E-state index in [2.05, 4.69) is 5.10 Å². The number of aromatic nitrogens is 2. The van der Waals surface area contributed by atoms with Crippen molar-refractivity contribution in [2.45, 2.75) is 13.3 Å². The maximum absolute atomic E-state index is 12.1. The molecule has 106 valence electrons. The molecule has 0 fully saturated rings. The summed E-state index contributed by atoms with van der Waals surface area (Å²) in [5.74, 6) is -0.945. The summed E-state index contributed by atoms with van der Waals surface area (Å²) >= 11 is 0. The van der Waals surface area contributed by atoms with Gasteiger partial charge in [0.25, 0.3) is 11.8 Å². The van der Waals surface area contributed by atoms with Crippen LogP contribution in [-0.2, 0) is 0 Å². The van der Waals surface area contributed by atoms with Gasteiger partial charge in [-0.3, -0.25) is 19.3 Å². The van der Waals surface area contributed by atoms with Crippen molar-refractivity contribution in [3.05, 3.63) is 53.3 Å². The highest BCUT2D eigenvalue weighted by molar-refractivity contribution is 6.21. The van der Waals surface area contributed by atoms with Crippen LogP contribution in [0.5, 0.6) is 0 Å². The smallest absolute Gasteiger partial charge is 0.261 e. The van der Waals surface area contributed by atoms with Crippen molar-refractivity contribution < 1.29 is 14.4 Å². The molecule has 0 N–H and O–H groups in total. The fraction of sp³-hybridized carbons (Fsp3) is 0.200. The van der Waals surface area contributed by atoms with Crippen LogP contribution in [0.2, 0.25) is 0 Å². The molecular formula is C15H13N3O3. The molecular weight excluding hydrogens is 270 g/mol. The maximum atomic E-state index is 12.1. The van der Waals surface area contributed by atoms with E-state index >= 15 is 0 Å². The predicted octanol–water partition coefficient (Wildman–Crippen LogP) is 1.52. The molecule has 1 aliphatic rings. The highest BCUT2D eigenvalue weighted by Gasteiger charge is 2.35. The van der Waals surface area contributed by atoms with Gasteiger partial charge in [-0.25, -0.2) is 4.68 Å². The lowest BCUT2D eigenvalue weighted by molar-refractivity contribution is 0.0643. The van der Waals surface area contributed by atoms with Gasteiger partial charge in [-0.2, -0.15) is 5.10 Å². The summed E-state index contributed by atoms with van der Waals surface area (Å²) in [6, 6.07) is 8.39. The Morgan fingerprint density at radius 1 is 1.10 bits per heavy atom. The SMILES string of the molecule is Cc1ccn(C(=O)CCN2C(=O)c3ccccc3C2=O)n1. The van der Waals surface area contributed by atoms with Gasteiger partial charge in [0.2, 0.25) is 5.91 Å². The lowest BCUT2D eigenvalue weighted by Gasteiger charge is -2.12. The molecule has 0 unspecified atom stereocenters. The minimum absolute atomic E-state index is 0.0482. The van der Waals surface area contributed by atoms with E-state index in [0.717, 1.165) is 10.6 Å². The van der Waals surface area contributed by atoms with Gasteiger partial charge in [0.15, 0.2) is 0 Å². The van der Waals surface area contributed by atoms with Crippen LogP contribution in [0.3, 0.4) is 0 Å². The van der Waals surface area contributed by atoms with Gasteiger partial charge < -0.3 is 0 Å². The topological polar surface area (TPSA) is 72.3 Å². The second kappa shape index (κ2) is 4.97. The van der Waals surface area contributed by atoms with Crippen molar-refractivity contribution in [2.75, 3.05) is 6.54 Å². The molecule has 1 aliphatic heterocycles. The van der Waals surface area contributed by atoms with Crippen molar-refractivity contribution in [2.24, 2.45) is 0 Å². The Morgan fingerprint density at radius 3 is 2.24 bits per heavy atom. The molecule has 1 aromatic heterocycles. The summed E-state index contributed by atoms with van der Waals surface area (Å²) in [5, 5.41) is 4.01. The number of rotatable bonds is 3. The third-order valence-corrected chi connectivity index (χ3v) is 3.41. The van der Waals surface area contributed by atoms with Gasteiger partial charge in [0, 0.05) is 19.2 Å². The van der Waals surface area contributed by atoms with Crippen LogP contribution in [0.4, 0.5) is 0 Å². The number of hydrogen-bond acceptors (Lipinski definition) is 4. The first-order chi connectivity index (χ1) is 10.1. The highest BCUT2D eigenvalue weighted by Crippen LogP contribution is 2.22. The Labute approximate surface area is 121 Å². The summed E-state index contributed by atoms with van der Waals surface area (Å²) < 4.78 is 1.23. The molecule has 21 heavy (non-hydrogen) atoms. The second-order valence-electron chi connectivity index (χ2n) is 4.85. The average Bonchev–Trinajstić information content (AvgIpc) is 3.02. The number of aryl methyl sites for hydroxylation is 1. The molecule has 0 saturated carbocycles. The number of hydrogen-bond donors (Lipinski definition) is 0. The van der Waals surface area contributed by atoms with Crippen LogP contribution in [0.25, 0.3) is 0 Å². The number of amides is 2. The third-order valence-electron chi connectivity index (χ3n) is 3.41. The molecule has 0 radical (unpaired) electrons. The van der Waals surface area contributed by atoms with E-state index in [1.165, 1.54) is 4.68 Å². The van der Waals surface area contributed by atoms with Crippen molar-refractivity contribution in [1.29, 1.82) is 0 Å². The number of fused-ring (bicyclic) bond motifs is 1. The van der Waals surface area contributed by atoms with E-state index in [9.17, 15) is 14.4 Å². The van der Waals surface area contributed by atoms with E-state index in [0.29, 0.717) is 11.1 Å². The maximum Gasteiger partial charge on any atom is 0.261 e. The molecule has 6 nitrogen and oxygen atoms in total. The van der Waals surface area contributed by atoms with Crippen LogP contribution < -0.4 is 0 Å². The minimum Gasteiger partial charge on any atom is -0.274 e. The van der Waals surface area contributed by atoms with Gasteiger partial charge in [-0.1, -0.05) is 12.1 Å². The summed E-state index contributed by atoms with van der Waals surface area (Å²) in [6.45, 7) is 1.85. The first kappa shape index (κ1) is 13.2. The molecule has 1 aromatic carbocycles. The Kier molecular flexibility index (Phi) is 3.13. The van der Waals surface area contributed by atoms with Gasteiger partial charge in [0.1, 0.15) is 0 Å². The molecule has 0 bridgehead atoms.